The summed E-state index contributed by atoms with van der Waals surface area (Å²) < 4.78 is 10.2. The molecule has 1 aromatic rings. The molecule has 1 fully saturated rings. The van der Waals surface area contributed by atoms with E-state index >= 15 is 0 Å². The summed E-state index contributed by atoms with van der Waals surface area (Å²) in [6.07, 6.45) is 2.74. The van der Waals surface area contributed by atoms with E-state index in [4.69, 9.17) is 15.2 Å². The van der Waals surface area contributed by atoms with Gasteiger partial charge in [-0.2, -0.15) is 0 Å². The topological polar surface area (TPSA) is 56.5 Å². The molecule has 0 saturated carbocycles. The lowest BCUT2D eigenvalue weighted by Gasteiger charge is -2.04. The van der Waals surface area contributed by atoms with E-state index in [0.717, 1.165) is 17.9 Å². The third-order valence-corrected chi connectivity index (χ3v) is 2.66. The lowest BCUT2D eigenvalue weighted by molar-refractivity contribution is 0.0908. The number of nitrogens with one attached hydrogen (secondary N) is 1. The van der Waals surface area contributed by atoms with Crippen molar-refractivity contribution in [1.82, 2.24) is 5.32 Å². The third kappa shape index (κ3) is 4.73. The van der Waals surface area contributed by atoms with Crippen molar-refractivity contribution in [2.45, 2.75) is 25.6 Å². The van der Waals surface area contributed by atoms with Crippen molar-refractivity contribution < 1.29 is 9.47 Å². The van der Waals surface area contributed by atoms with Crippen LogP contribution in [0, 0.1) is 0 Å². The number of benzene rings is 1. The van der Waals surface area contributed by atoms with Gasteiger partial charge in [0.05, 0.1) is 7.11 Å². The Kier molecular flexibility index (Phi) is 6.62. The molecule has 17 heavy (non-hydrogen) atoms. The van der Waals surface area contributed by atoms with Gasteiger partial charge in [0.1, 0.15) is 12.0 Å². The second kappa shape index (κ2) is 8.06. The van der Waals surface area contributed by atoms with Gasteiger partial charge < -0.3 is 15.2 Å². The van der Waals surface area contributed by atoms with Crippen LogP contribution in [0.4, 0.5) is 0 Å². The average Bonchev–Trinajstić information content (AvgIpc) is 2.92. The molecule has 1 unspecified atom stereocenters. The van der Waals surface area contributed by atoms with E-state index < -0.39 is 0 Å². The Hall–Kier alpha value is -1.10. The maximum absolute atomic E-state index is 5.45. The fraction of sp³-hybridized carbons (Fsp3) is 0.538. The molecular weight excluding hydrogens is 216 g/mol. The summed E-state index contributed by atoms with van der Waals surface area (Å²) in [5.74, 6) is 0.866. The van der Waals surface area contributed by atoms with Crippen LogP contribution < -0.4 is 15.8 Å². The molecule has 4 heteroatoms. The molecule has 0 aliphatic carbocycles. The highest BCUT2D eigenvalue weighted by Crippen LogP contribution is 2.15. The predicted molar refractivity (Wildman–Crippen MR) is 68.9 cm³/mol. The number of hydrogen-bond acceptors (Lipinski definition) is 4. The van der Waals surface area contributed by atoms with Gasteiger partial charge in [0.15, 0.2) is 0 Å². The fourth-order valence-corrected chi connectivity index (χ4v) is 1.68. The van der Waals surface area contributed by atoms with Gasteiger partial charge in [0.2, 0.25) is 0 Å². The van der Waals surface area contributed by atoms with Gasteiger partial charge in [-0.25, -0.2) is 0 Å². The van der Waals surface area contributed by atoms with Gasteiger partial charge in [-0.15, -0.1) is 0 Å². The molecule has 3 N–H and O–H groups in total. The SMILES string of the molecule is CNC1CCCO1.COc1ccccc1CN. The molecule has 0 bridgehead atoms. The highest BCUT2D eigenvalue weighted by Gasteiger charge is 2.10. The zero-order chi connectivity index (χ0) is 12.5. The van der Waals surface area contributed by atoms with Crippen molar-refractivity contribution in [2.24, 2.45) is 5.73 Å². The van der Waals surface area contributed by atoms with Gasteiger partial charge >= 0.3 is 0 Å². The van der Waals surface area contributed by atoms with Crippen LogP contribution in [0.5, 0.6) is 5.75 Å². The van der Waals surface area contributed by atoms with Crippen molar-refractivity contribution in [3.63, 3.8) is 0 Å². The van der Waals surface area contributed by atoms with Crippen LogP contribution in [0.3, 0.4) is 0 Å². The zero-order valence-corrected chi connectivity index (χ0v) is 10.6. The van der Waals surface area contributed by atoms with Crippen LogP contribution in [-0.2, 0) is 11.3 Å². The summed E-state index contributed by atoms with van der Waals surface area (Å²) in [6.45, 7) is 1.47. The molecule has 0 amide bonds. The van der Waals surface area contributed by atoms with Gasteiger partial charge in [0, 0.05) is 18.7 Å². The molecule has 1 heterocycles. The monoisotopic (exact) mass is 238 g/mol. The van der Waals surface area contributed by atoms with Gasteiger partial charge in [0.25, 0.3) is 0 Å². The average molecular weight is 238 g/mol. The first-order valence-electron chi connectivity index (χ1n) is 5.92. The zero-order valence-electron chi connectivity index (χ0n) is 10.6. The molecule has 0 aromatic heterocycles. The smallest absolute Gasteiger partial charge is 0.123 e. The molecule has 1 saturated heterocycles. The van der Waals surface area contributed by atoms with Crippen LogP contribution in [0.1, 0.15) is 18.4 Å². The Morgan fingerprint density at radius 3 is 2.65 bits per heavy atom. The Morgan fingerprint density at radius 2 is 2.24 bits per heavy atom. The molecule has 1 aliphatic rings. The second-order valence-electron chi connectivity index (χ2n) is 3.81. The molecule has 1 aliphatic heterocycles. The lowest BCUT2D eigenvalue weighted by Crippen LogP contribution is -2.22. The van der Waals surface area contributed by atoms with E-state index in [0.29, 0.717) is 12.8 Å². The lowest BCUT2D eigenvalue weighted by atomic mass is 10.2. The summed E-state index contributed by atoms with van der Waals surface area (Å²) in [7, 11) is 3.57. The minimum atomic E-state index is 0.347. The van der Waals surface area contributed by atoms with E-state index in [2.05, 4.69) is 5.32 Å². The van der Waals surface area contributed by atoms with Gasteiger partial charge in [-0.3, -0.25) is 5.32 Å². The van der Waals surface area contributed by atoms with Crippen molar-refractivity contribution in [1.29, 1.82) is 0 Å². The first-order chi connectivity index (χ1) is 8.31. The predicted octanol–water partition coefficient (Wildman–Crippen LogP) is 1.50. The maximum atomic E-state index is 5.45. The Morgan fingerprint density at radius 1 is 1.47 bits per heavy atom. The number of rotatable bonds is 3. The molecule has 0 spiro atoms. The number of para-hydroxylation sites is 1. The number of methoxy groups -OCH3 is 1. The second-order valence-corrected chi connectivity index (χ2v) is 3.81. The summed E-state index contributed by atoms with van der Waals surface area (Å²) in [4.78, 5) is 0. The molecule has 2 rings (SSSR count). The number of nitrogens with two attached hydrogens (primary N) is 1. The van der Waals surface area contributed by atoms with Crippen LogP contribution >= 0.6 is 0 Å². The van der Waals surface area contributed by atoms with E-state index in [-0.39, 0.29) is 0 Å². The third-order valence-electron chi connectivity index (χ3n) is 2.66. The molecule has 1 aromatic carbocycles. The quantitative estimate of drug-likeness (QED) is 0.838. The van der Waals surface area contributed by atoms with E-state index in [9.17, 15) is 0 Å². The van der Waals surface area contributed by atoms with Crippen LogP contribution in [-0.4, -0.2) is 27.0 Å². The fourth-order valence-electron chi connectivity index (χ4n) is 1.68. The minimum Gasteiger partial charge on any atom is -0.496 e. The molecule has 0 radical (unpaired) electrons. The first-order valence-corrected chi connectivity index (χ1v) is 5.92. The Labute approximate surface area is 103 Å². The highest BCUT2D eigenvalue weighted by molar-refractivity contribution is 5.32. The molecule has 1 atom stereocenters. The van der Waals surface area contributed by atoms with Crippen molar-refractivity contribution >= 4 is 0 Å². The van der Waals surface area contributed by atoms with Gasteiger partial charge in [-0.05, 0) is 26.0 Å². The van der Waals surface area contributed by atoms with Crippen molar-refractivity contribution in [3.05, 3.63) is 29.8 Å². The highest BCUT2D eigenvalue weighted by atomic mass is 16.5. The molecule has 96 valence electrons. The van der Waals surface area contributed by atoms with Crippen LogP contribution in [0.2, 0.25) is 0 Å². The minimum absolute atomic E-state index is 0.347. The van der Waals surface area contributed by atoms with Crippen molar-refractivity contribution in [2.75, 3.05) is 20.8 Å². The van der Waals surface area contributed by atoms with Crippen molar-refractivity contribution in [3.8, 4) is 5.75 Å². The van der Waals surface area contributed by atoms with Gasteiger partial charge in [-0.1, -0.05) is 18.2 Å². The van der Waals surface area contributed by atoms with E-state index in [1.165, 1.54) is 12.8 Å². The molecular formula is C13H22N2O2. The Balaban J connectivity index is 0.000000181. The Bertz CT molecular complexity index is 289. The van der Waals surface area contributed by atoms with E-state index in [1.54, 1.807) is 7.11 Å². The maximum Gasteiger partial charge on any atom is 0.123 e. The number of ether oxygens (including phenoxy) is 2. The largest absolute Gasteiger partial charge is 0.496 e. The standard InChI is InChI=1S/C8H11NO.C5H11NO/c1-10-8-5-3-2-4-7(8)6-9;1-6-5-3-2-4-7-5/h2-5H,6,9H2,1H3;5-6H,2-4H2,1H3. The van der Waals surface area contributed by atoms with Crippen LogP contribution in [0.15, 0.2) is 24.3 Å². The summed E-state index contributed by atoms with van der Waals surface area (Å²) >= 11 is 0. The summed E-state index contributed by atoms with van der Waals surface area (Å²) in [5, 5.41) is 3.04. The van der Waals surface area contributed by atoms with Crippen LogP contribution in [0.25, 0.3) is 0 Å². The number of hydrogen-bond donors (Lipinski definition) is 2. The summed E-state index contributed by atoms with van der Waals surface area (Å²) in [5.41, 5.74) is 6.49. The van der Waals surface area contributed by atoms with E-state index in [1.807, 2.05) is 31.3 Å². The first kappa shape index (κ1) is 14.0. The normalized spacial score (nSPS) is 18.4. The summed E-state index contributed by atoms with van der Waals surface area (Å²) in [6, 6.07) is 7.74. The molecule has 4 nitrogen and oxygen atoms in total.